The standard InChI is InChI=1S/C25H29FN8O2/c1-27-22-9-19(30-24-15(10-29-34(22)24)25(35)31-18-6-7-21(18)36-3)16-11-33(20-13-32(2)12-17(20)26)23-14(16)5-4-8-28-23/h4-5,8-11,17-18,20-21,27H,6-7,12-13H2,1-3H3,(H,31,35)/t17-,18?,20-,21+/m1/s1. The molecule has 0 aromatic carbocycles. The van der Waals surface area contributed by atoms with Gasteiger partial charge in [0.25, 0.3) is 5.91 Å². The number of likely N-dealkylation sites (N-methyl/N-ethyl adjacent to an activating group) is 1. The van der Waals surface area contributed by atoms with Crippen molar-refractivity contribution < 1.29 is 13.9 Å². The Balaban J connectivity index is 1.45. The third-order valence-corrected chi connectivity index (χ3v) is 7.43. The lowest BCUT2D eigenvalue weighted by Gasteiger charge is -2.35. The fraction of sp³-hybridized carbons (Fsp3) is 0.440. The molecule has 2 N–H and O–H groups in total. The van der Waals surface area contributed by atoms with E-state index in [0.29, 0.717) is 41.5 Å². The monoisotopic (exact) mass is 492 g/mol. The van der Waals surface area contributed by atoms with E-state index in [9.17, 15) is 9.18 Å². The van der Waals surface area contributed by atoms with Crippen LogP contribution in [-0.2, 0) is 4.74 Å². The molecule has 10 nitrogen and oxygen atoms in total. The van der Waals surface area contributed by atoms with Gasteiger partial charge in [-0.25, -0.2) is 14.4 Å². The molecule has 11 heteroatoms. The van der Waals surface area contributed by atoms with Gasteiger partial charge in [0.05, 0.1) is 30.1 Å². The Morgan fingerprint density at radius 3 is 2.81 bits per heavy atom. The lowest BCUT2D eigenvalue weighted by Crippen LogP contribution is -2.51. The summed E-state index contributed by atoms with van der Waals surface area (Å²) in [7, 11) is 5.38. The summed E-state index contributed by atoms with van der Waals surface area (Å²) in [4.78, 5) is 24.6. The van der Waals surface area contributed by atoms with Crippen molar-refractivity contribution in [2.45, 2.75) is 37.2 Å². The second-order valence-corrected chi connectivity index (χ2v) is 9.63. The number of carbonyl (C=O) groups is 1. The Morgan fingerprint density at radius 1 is 1.25 bits per heavy atom. The van der Waals surface area contributed by atoms with Crippen LogP contribution in [-0.4, -0.2) is 87.6 Å². The summed E-state index contributed by atoms with van der Waals surface area (Å²) < 4.78 is 23.9. The van der Waals surface area contributed by atoms with Crippen LogP contribution in [0.25, 0.3) is 27.9 Å². The second kappa shape index (κ2) is 8.82. The van der Waals surface area contributed by atoms with Crippen molar-refractivity contribution in [1.82, 2.24) is 34.4 Å². The molecule has 4 aromatic heterocycles. The molecule has 5 heterocycles. The van der Waals surface area contributed by atoms with Crippen molar-refractivity contribution >= 4 is 28.4 Å². The average Bonchev–Trinajstić information content (AvgIpc) is 3.55. The number of fused-ring (bicyclic) bond motifs is 2. The van der Waals surface area contributed by atoms with Gasteiger partial charge in [0.15, 0.2) is 5.65 Å². The molecule has 0 spiro atoms. The highest BCUT2D eigenvalue weighted by Crippen LogP contribution is 2.35. The van der Waals surface area contributed by atoms with Gasteiger partial charge in [0, 0.05) is 56.7 Å². The van der Waals surface area contributed by atoms with E-state index in [1.165, 1.54) is 6.20 Å². The molecule has 1 amide bonds. The van der Waals surface area contributed by atoms with Crippen molar-refractivity contribution in [2.24, 2.45) is 0 Å². The van der Waals surface area contributed by atoms with Gasteiger partial charge in [-0.3, -0.25) is 4.79 Å². The number of halogens is 1. The number of pyridine rings is 1. The largest absolute Gasteiger partial charge is 0.379 e. The first-order valence-electron chi connectivity index (χ1n) is 12.2. The zero-order chi connectivity index (χ0) is 25.0. The van der Waals surface area contributed by atoms with E-state index in [4.69, 9.17) is 9.72 Å². The Morgan fingerprint density at radius 2 is 2.11 bits per heavy atom. The maximum absolute atomic E-state index is 14.9. The topological polar surface area (TPSA) is 102 Å². The van der Waals surface area contributed by atoms with Gasteiger partial charge in [-0.1, -0.05) is 0 Å². The normalized spacial score (nSPS) is 24.3. The third kappa shape index (κ3) is 3.61. The lowest BCUT2D eigenvalue weighted by atomic mass is 9.89. The number of rotatable bonds is 6. The van der Waals surface area contributed by atoms with E-state index in [1.807, 2.05) is 40.9 Å². The Labute approximate surface area is 207 Å². The molecule has 1 saturated carbocycles. The molecule has 4 aromatic rings. The smallest absolute Gasteiger partial charge is 0.257 e. The molecular weight excluding hydrogens is 463 g/mol. The highest BCUT2D eigenvalue weighted by molar-refractivity contribution is 6.01. The first-order chi connectivity index (χ1) is 17.5. The second-order valence-electron chi connectivity index (χ2n) is 9.63. The summed E-state index contributed by atoms with van der Waals surface area (Å²) in [6, 6.07) is 5.36. The molecule has 1 aliphatic carbocycles. The van der Waals surface area contributed by atoms with Crippen molar-refractivity contribution in [3.05, 3.63) is 42.4 Å². The van der Waals surface area contributed by atoms with E-state index >= 15 is 0 Å². The molecule has 2 aliphatic rings. The van der Waals surface area contributed by atoms with Gasteiger partial charge in [-0.05, 0) is 32.0 Å². The van der Waals surface area contributed by atoms with Gasteiger partial charge in [0.1, 0.15) is 23.2 Å². The SMILES string of the molecule is CNc1cc(-c2cn([C@@H]3CN(C)C[C@H]3F)c3ncccc23)nc2c(C(=O)NC3CC[C@@H]3OC)cnn12. The van der Waals surface area contributed by atoms with Crippen LogP contribution < -0.4 is 10.6 Å². The van der Waals surface area contributed by atoms with Crippen LogP contribution in [0.15, 0.2) is 36.8 Å². The summed E-state index contributed by atoms with van der Waals surface area (Å²) in [5, 5.41) is 11.5. The first kappa shape index (κ1) is 22.9. The predicted octanol–water partition coefficient (Wildman–Crippen LogP) is 2.52. The fourth-order valence-electron chi connectivity index (χ4n) is 5.33. The van der Waals surface area contributed by atoms with Crippen LogP contribution in [0.5, 0.6) is 0 Å². The third-order valence-electron chi connectivity index (χ3n) is 7.43. The van der Waals surface area contributed by atoms with Crippen molar-refractivity contribution in [2.75, 3.05) is 39.6 Å². The number of carbonyl (C=O) groups excluding carboxylic acids is 1. The maximum atomic E-state index is 14.9. The molecule has 0 radical (unpaired) electrons. The Hall–Kier alpha value is -3.57. The number of methoxy groups -OCH3 is 1. The van der Waals surface area contributed by atoms with Crippen LogP contribution in [0.1, 0.15) is 29.2 Å². The lowest BCUT2D eigenvalue weighted by molar-refractivity contribution is 0.00732. The summed E-state index contributed by atoms with van der Waals surface area (Å²) >= 11 is 0. The number of amides is 1. The van der Waals surface area contributed by atoms with E-state index in [1.54, 1.807) is 24.9 Å². The Bertz CT molecular complexity index is 1450. The highest BCUT2D eigenvalue weighted by Gasteiger charge is 2.35. The van der Waals surface area contributed by atoms with Crippen LogP contribution in [0, 0.1) is 0 Å². The maximum Gasteiger partial charge on any atom is 0.257 e. The number of nitrogens with one attached hydrogen (secondary N) is 2. The number of nitrogens with zero attached hydrogens (tertiary/aromatic N) is 6. The average molecular weight is 493 g/mol. The minimum absolute atomic E-state index is 0.0216. The number of likely N-dealkylation sites (tertiary alicyclic amines) is 1. The van der Waals surface area contributed by atoms with Crippen molar-refractivity contribution in [1.29, 1.82) is 0 Å². The van der Waals surface area contributed by atoms with Gasteiger partial charge >= 0.3 is 0 Å². The molecule has 1 unspecified atom stereocenters. The fourth-order valence-corrected chi connectivity index (χ4v) is 5.33. The molecule has 4 atom stereocenters. The molecule has 6 rings (SSSR count). The van der Waals surface area contributed by atoms with Gasteiger partial charge < -0.3 is 24.8 Å². The molecule has 1 saturated heterocycles. The Kier molecular flexibility index (Phi) is 5.60. The van der Waals surface area contributed by atoms with Crippen molar-refractivity contribution in [3.63, 3.8) is 0 Å². The predicted molar refractivity (Wildman–Crippen MR) is 134 cm³/mol. The van der Waals surface area contributed by atoms with E-state index in [2.05, 4.69) is 20.7 Å². The number of hydrogen-bond donors (Lipinski definition) is 2. The number of aromatic nitrogens is 5. The molecule has 2 fully saturated rings. The quantitative estimate of drug-likeness (QED) is 0.427. The number of anilines is 1. The first-order valence-corrected chi connectivity index (χ1v) is 12.2. The van der Waals surface area contributed by atoms with Gasteiger partial charge in [-0.15, -0.1) is 0 Å². The molecule has 0 bridgehead atoms. The van der Waals surface area contributed by atoms with Crippen LogP contribution in [0.2, 0.25) is 0 Å². The molecule has 188 valence electrons. The zero-order valence-corrected chi connectivity index (χ0v) is 20.5. The van der Waals surface area contributed by atoms with Crippen LogP contribution >= 0.6 is 0 Å². The summed E-state index contributed by atoms with van der Waals surface area (Å²) in [6.45, 7) is 0.992. The van der Waals surface area contributed by atoms with Crippen LogP contribution in [0.3, 0.4) is 0 Å². The van der Waals surface area contributed by atoms with Crippen molar-refractivity contribution in [3.8, 4) is 11.3 Å². The van der Waals surface area contributed by atoms with E-state index in [-0.39, 0.29) is 24.1 Å². The van der Waals surface area contributed by atoms with Gasteiger partial charge in [-0.2, -0.15) is 9.61 Å². The number of alkyl halides is 1. The molecular formula is C25H29FN8O2. The number of ether oxygens (including phenoxy) is 1. The minimum Gasteiger partial charge on any atom is -0.379 e. The van der Waals surface area contributed by atoms with E-state index < -0.39 is 6.17 Å². The number of hydrogen-bond acceptors (Lipinski definition) is 7. The zero-order valence-electron chi connectivity index (χ0n) is 20.5. The molecule has 36 heavy (non-hydrogen) atoms. The summed E-state index contributed by atoms with van der Waals surface area (Å²) in [5.41, 5.74) is 3.02. The van der Waals surface area contributed by atoms with Gasteiger partial charge in [0.2, 0.25) is 0 Å². The molecule has 1 aliphatic heterocycles. The van der Waals surface area contributed by atoms with Crippen LogP contribution in [0.4, 0.5) is 10.2 Å². The summed E-state index contributed by atoms with van der Waals surface area (Å²) in [6.07, 6.45) is 6.03. The summed E-state index contributed by atoms with van der Waals surface area (Å²) in [5.74, 6) is 0.447. The van der Waals surface area contributed by atoms with E-state index in [0.717, 1.165) is 23.8 Å². The highest BCUT2D eigenvalue weighted by atomic mass is 19.1. The minimum atomic E-state index is -0.990.